The molecule has 2 aliphatic heterocycles. The minimum Gasteiger partial charge on any atom is -0.355 e. The first kappa shape index (κ1) is 20.2. The maximum Gasteiger partial charge on any atom is 0.268 e. The monoisotopic (exact) mass is 436 g/mol. The number of carbonyl (C=O) groups excluding carboxylic acids is 1. The summed E-state index contributed by atoms with van der Waals surface area (Å²) in [6, 6.07) is 13.1. The Morgan fingerprint density at radius 3 is 2.61 bits per heavy atom. The standard InChI is InChI=1S/C24H25FN4OS/c1-27(2)20-10-11-28(15-20)22-8-7-19(14-26-22)29-12-9-17-13-21(31-23(17)24(29)30)16-3-5-18(25)6-4-16/h3-8,13-14,20H,9-12,15H2,1-2H3/t20-/m0/s1. The van der Waals surface area contributed by atoms with Gasteiger partial charge < -0.3 is 14.7 Å². The van der Waals surface area contributed by atoms with Gasteiger partial charge in [0.2, 0.25) is 0 Å². The van der Waals surface area contributed by atoms with Gasteiger partial charge in [0.05, 0.1) is 16.8 Å². The summed E-state index contributed by atoms with van der Waals surface area (Å²) in [5.74, 6) is 0.727. The van der Waals surface area contributed by atoms with Crippen LogP contribution in [0.5, 0.6) is 0 Å². The Hall–Kier alpha value is -2.77. The normalized spacial score (nSPS) is 18.7. The van der Waals surface area contributed by atoms with Gasteiger partial charge in [0, 0.05) is 30.6 Å². The molecule has 1 atom stereocenters. The van der Waals surface area contributed by atoms with Crippen molar-refractivity contribution in [3.8, 4) is 10.4 Å². The van der Waals surface area contributed by atoms with E-state index >= 15 is 0 Å². The number of likely N-dealkylation sites (N-methyl/N-ethyl adjacent to an activating group) is 1. The first-order valence-electron chi connectivity index (χ1n) is 10.6. The summed E-state index contributed by atoms with van der Waals surface area (Å²) < 4.78 is 13.2. The van der Waals surface area contributed by atoms with Crippen LogP contribution in [-0.4, -0.2) is 55.6 Å². The average Bonchev–Trinajstić information content (AvgIpc) is 3.43. The molecule has 4 heterocycles. The topological polar surface area (TPSA) is 39.7 Å². The van der Waals surface area contributed by atoms with E-state index in [0.29, 0.717) is 12.6 Å². The molecule has 0 aliphatic carbocycles. The van der Waals surface area contributed by atoms with E-state index in [4.69, 9.17) is 0 Å². The van der Waals surface area contributed by atoms with E-state index < -0.39 is 0 Å². The molecule has 0 unspecified atom stereocenters. The van der Waals surface area contributed by atoms with Crippen molar-refractivity contribution in [1.29, 1.82) is 0 Å². The van der Waals surface area contributed by atoms with Gasteiger partial charge in [0.15, 0.2) is 0 Å². The van der Waals surface area contributed by atoms with Gasteiger partial charge >= 0.3 is 0 Å². The minimum absolute atomic E-state index is 0.0167. The predicted molar refractivity (Wildman–Crippen MR) is 124 cm³/mol. The predicted octanol–water partition coefficient (Wildman–Crippen LogP) is 4.29. The molecule has 3 aromatic rings. The zero-order valence-corrected chi connectivity index (χ0v) is 18.5. The van der Waals surface area contributed by atoms with Crippen molar-refractivity contribution in [3.63, 3.8) is 0 Å². The summed E-state index contributed by atoms with van der Waals surface area (Å²) >= 11 is 1.48. The summed E-state index contributed by atoms with van der Waals surface area (Å²) in [6.07, 6.45) is 3.76. The number of thiophene rings is 1. The van der Waals surface area contributed by atoms with Crippen LogP contribution in [0.3, 0.4) is 0 Å². The van der Waals surface area contributed by atoms with Gasteiger partial charge in [0.25, 0.3) is 5.91 Å². The lowest BCUT2D eigenvalue weighted by molar-refractivity contribution is 0.0985. The van der Waals surface area contributed by atoms with E-state index in [1.165, 1.54) is 23.5 Å². The van der Waals surface area contributed by atoms with Crippen molar-refractivity contribution in [3.05, 3.63) is 64.9 Å². The number of fused-ring (bicyclic) bond motifs is 1. The van der Waals surface area contributed by atoms with Crippen molar-refractivity contribution < 1.29 is 9.18 Å². The SMILES string of the molecule is CN(C)[C@H]1CCN(c2ccc(N3CCc4cc(-c5ccc(F)cc5)sc4C3=O)cn2)C1. The summed E-state index contributed by atoms with van der Waals surface area (Å²) in [4.78, 5) is 26.0. The largest absolute Gasteiger partial charge is 0.355 e. The highest BCUT2D eigenvalue weighted by Gasteiger charge is 2.29. The summed E-state index contributed by atoms with van der Waals surface area (Å²) in [5.41, 5.74) is 2.84. The van der Waals surface area contributed by atoms with Crippen LogP contribution in [0.2, 0.25) is 0 Å². The third-order valence-corrected chi connectivity index (χ3v) is 7.46. The van der Waals surface area contributed by atoms with Gasteiger partial charge in [0.1, 0.15) is 11.6 Å². The van der Waals surface area contributed by atoms with E-state index in [0.717, 1.165) is 58.3 Å². The average molecular weight is 437 g/mol. The number of benzene rings is 1. The number of halogens is 1. The molecule has 1 aromatic carbocycles. The van der Waals surface area contributed by atoms with Crippen molar-refractivity contribution in [1.82, 2.24) is 9.88 Å². The maximum atomic E-state index is 13.2. The molecule has 160 valence electrons. The Kier molecular flexibility index (Phi) is 5.24. The van der Waals surface area contributed by atoms with E-state index in [-0.39, 0.29) is 11.7 Å². The molecule has 1 fully saturated rings. The van der Waals surface area contributed by atoms with Gasteiger partial charge in [-0.25, -0.2) is 9.37 Å². The molecule has 5 nitrogen and oxygen atoms in total. The molecule has 2 aromatic heterocycles. The highest BCUT2D eigenvalue weighted by molar-refractivity contribution is 7.17. The van der Waals surface area contributed by atoms with Crippen LogP contribution >= 0.6 is 11.3 Å². The van der Waals surface area contributed by atoms with E-state index in [9.17, 15) is 9.18 Å². The molecule has 31 heavy (non-hydrogen) atoms. The molecule has 1 amide bonds. The Balaban J connectivity index is 1.34. The third-order valence-electron chi connectivity index (χ3n) is 6.24. The molecule has 5 rings (SSSR count). The Morgan fingerprint density at radius 2 is 1.94 bits per heavy atom. The smallest absolute Gasteiger partial charge is 0.268 e. The lowest BCUT2D eigenvalue weighted by Crippen LogP contribution is -2.36. The second kappa shape index (κ2) is 8.05. The molecule has 0 saturated carbocycles. The molecule has 0 radical (unpaired) electrons. The van der Waals surface area contributed by atoms with Crippen LogP contribution in [0, 0.1) is 5.82 Å². The highest BCUT2D eigenvalue weighted by Crippen LogP contribution is 2.36. The Bertz CT molecular complexity index is 1090. The number of carbonyl (C=O) groups is 1. The maximum absolute atomic E-state index is 13.2. The zero-order chi connectivity index (χ0) is 21.5. The van der Waals surface area contributed by atoms with Gasteiger partial charge in [-0.15, -0.1) is 11.3 Å². The number of nitrogens with zero attached hydrogens (tertiary/aromatic N) is 4. The molecule has 1 saturated heterocycles. The minimum atomic E-state index is -0.255. The fourth-order valence-electron chi connectivity index (χ4n) is 4.35. The second-order valence-electron chi connectivity index (χ2n) is 8.41. The second-order valence-corrected chi connectivity index (χ2v) is 9.46. The van der Waals surface area contributed by atoms with Crippen molar-refractivity contribution in [2.75, 3.05) is 43.5 Å². The fraction of sp³-hybridized carbons (Fsp3) is 0.333. The fourth-order valence-corrected chi connectivity index (χ4v) is 5.52. The third kappa shape index (κ3) is 3.83. The Labute approximate surface area is 185 Å². The summed E-state index contributed by atoms with van der Waals surface area (Å²) in [5, 5.41) is 0. The number of amides is 1. The number of pyridine rings is 1. The van der Waals surface area contributed by atoms with Gasteiger partial charge in [-0.1, -0.05) is 12.1 Å². The first-order valence-corrected chi connectivity index (χ1v) is 11.4. The molecular formula is C24H25FN4OS. The Morgan fingerprint density at radius 1 is 1.13 bits per heavy atom. The van der Waals surface area contributed by atoms with Gasteiger partial charge in [-0.2, -0.15) is 0 Å². The van der Waals surface area contributed by atoms with E-state index in [1.54, 1.807) is 12.1 Å². The molecule has 7 heteroatoms. The molecule has 2 aliphatic rings. The van der Waals surface area contributed by atoms with Crippen LogP contribution in [0.25, 0.3) is 10.4 Å². The number of rotatable bonds is 4. The van der Waals surface area contributed by atoms with Crippen LogP contribution in [0.1, 0.15) is 21.7 Å². The van der Waals surface area contributed by atoms with Crippen molar-refractivity contribution in [2.24, 2.45) is 0 Å². The molecule has 0 bridgehead atoms. The van der Waals surface area contributed by atoms with Gasteiger partial charge in [-0.3, -0.25) is 4.79 Å². The highest BCUT2D eigenvalue weighted by atomic mass is 32.1. The van der Waals surface area contributed by atoms with Crippen LogP contribution in [0.4, 0.5) is 15.9 Å². The summed E-state index contributed by atoms with van der Waals surface area (Å²) in [6.45, 7) is 2.62. The van der Waals surface area contributed by atoms with Crippen molar-refractivity contribution >= 4 is 28.7 Å². The number of hydrogen-bond donors (Lipinski definition) is 0. The van der Waals surface area contributed by atoms with Gasteiger partial charge in [-0.05, 0) is 68.4 Å². The van der Waals surface area contributed by atoms with Crippen LogP contribution < -0.4 is 9.80 Å². The van der Waals surface area contributed by atoms with Crippen LogP contribution in [0.15, 0.2) is 48.7 Å². The lowest BCUT2D eigenvalue weighted by atomic mass is 10.1. The van der Waals surface area contributed by atoms with Crippen LogP contribution in [-0.2, 0) is 6.42 Å². The number of anilines is 2. The number of hydrogen-bond acceptors (Lipinski definition) is 5. The summed E-state index contributed by atoms with van der Waals surface area (Å²) in [7, 11) is 4.24. The van der Waals surface area contributed by atoms with E-state index in [2.05, 4.69) is 34.9 Å². The molecular weight excluding hydrogens is 411 g/mol. The first-order chi connectivity index (χ1) is 15.0. The quantitative estimate of drug-likeness (QED) is 0.612. The van der Waals surface area contributed by atoms with E-state index in [1.807, 2.05) is 23.2 Å². The zero-order valence-electron chi connectivity index (χ0n) is 17.7. The molecule has 0 spiro atoms. The van der Waals surface area contributed by atoms with Crippen molar-refractivity contribution in [2.45, 2.75) is 18.9 Å². The lowest BCUT2D eigenvalue weighted by Gasteiger charge is -2.27. The molecule has 0 N–H and O–H groups in total. The number of aromatic nitrogens is 1.